The molecule has 0 amide bonds. The number of ether oxygens (including phenoxy) is 2. The van der Waals surface area contributed by atoms with Crippen molar-refractivity contribution in [1.29, 1.82) is 0 Å². The van der Waals surface area contributed by atoms with Gasteiger partial charge in [0.1, 0.15) is 6.04 Å². The van der Waals surface area contributed by atoms with Crippen LogP contribution in [0.5, 0.6) is 0 Å². The Bertz CT molecular complexity index is 270. The summed E-state index contributed by atoms with van der Waals surface area (Å²) in [5.41, 5.74) is 0. The molecule has 1 fully saturated rings. The minimum atomic E-state index is -0.226. The molecule has 0 aliphatic heterocycles. The van der Waals surface area contributed by atoms with E-state index in [1.54, 1.807) is 0 Å². The summed E-state index contributed by atoms with van der Waals surface area (Å²) in [5.74, 6) is 0.620. The lowest BCUT2D eigenvalue weighted by atomic mass is 9.89. The van der Waals surface area contributed by atoms with E-state index in [9.17, 15) is 4.79 Å². The number of esters is 1. The van der Waals surface area contributed by atoms with Crippen LogP contribution >= 0.6 is 0 Å². The van der Waals surface area contributed by atoms with Gasteiger partial charge in [0.15, 0.2) is 0 Å². The second-order valence-electron chi connectivity index (χ2n) is 5.81. The Hall–Kier alpha value is -0.610. The number of nitrogens with one attached hydrogen (secondary N) is 1. The monoisotopic (exact) mass is 285 g/mol. The molecule has 0 aromatic carbocycles. The highest BCUT2D eigenvalue weighted by atomic mass is 16.5. The van der Waals surface area contributed by atoms with Crippen LogP contribution in [-0.2, 0) is 14.3 Å². The molecule has 0 bridgehead atoms. The summed E-state index contributed by atoms with van der Waals surface area (Å²) in [6.07, 6.45) is 7.00. The van der Waals surface area contributed by atoms with Crippen LogP contribution in [-0.4, -0.2) is 37.9 Å². The third kappa shape index (κ3) is 6.71. The van der Waals surface area contributed by atoms with Crippen LogP contribution in [0.2, 0.25) is 0 Å². The molecule has 20 heavy (non-hydrogen) atoms. The Morgan fingerprint density at radius 1 is 1.35 bits per heavy atom. The summed E-state index contributed by atoms with van der Waals surface area (Å²) in [4.78, 5) is 11.8. The lowest BCUT2D eigenvalue weighted by molar-refractivity contribution is -0.146. The minimum absolute atomic E-state index is 0.151. The number of carbonyl (C=O) groups excluding carboxylic acids is 1. The molecule has 0 aromatic rings. The molecule has 1 aliphatic rings. The Morgan fingerprint density at radius 3 is 2.80 bits per heavy atom. The van der Waals surface area contributed by atoms with Crippen molar-refractivity contribution in [3.63, 3.8) is 0 Å². The standard InChI is InChI=1S/C16H31NO3/c1-4-10-17-15(16(18)19-5-2)9-11-20-14-8-6-7-13(3)12-14/h13-15,17H,4-12H2,1-3H3. The molecule has 1 N–H and O–H groups in total. The summed E-state index contributed by atoms with van der Waals surface area (Å²) in [5, 5.41) is 3.25. The van der Waals surface area contributed by atoms with Gasteiger partial charge >= 0.3 is 5.97 Å². The van der Waals surface area contributed by atoms with Crippen molar-refractivity contribution in [2.75, 3.05) is 19.8 Å². The maximum absolute atomic E-state index is 11.8. The number of carbonyl (C=O) groups is 1. The highest BCUT2D eigenvalue weighted by molar-refractivity contribution is 5.75. The molecule has 1 saturated carbocycles. The molecule has 0 aromatic heterocycles. The van der Waals surface area contributed by atoms with E-state index >= 15 is 0 Å². The second-order valence-corrected chi connectivity index (χ2v) is 5.81. The first-order chi connectivity index (χ1) is 9.67. The summed E-state index contributed by atoms with van der Waals surface area (Å²) in [6.45, 7) is 8.13. The van der Waals surface area contributed by atoms with Crippen molar-refractivity contribution < 1.29 is 14.3 Å². The third-order valence-electron chi connectivity index (χ3n) is 3.86. The van der Waals surface area contributed by atoms with Gasteiger partial charge in [-0.3, -0.25) is 4.79 Å². The van der Waals surface area contributed by atoms with E-state index in [0.29, 0.717) is 25.7 Å². The lowest BCUT2D eigenvalue weighted by Crippen LogP contribution is -2.39. The first-order valence-corrected chi connectivity index (χ1v) is 8.19. The molecule has 118 valence electrons. The zero-order chi connectivity index (χ0) is 14.8. The van der Waals surface area contributed by atoms with Crippen LogP contribution in [0.4, 0.5) is 0 Å². The number of hydrogen-bond donors (Lipinski definition) is 1. The SMILES string of the molecule is CCCNC(CCOC1CCCC(C)C1)C(=O)OCC. The van der Waals surface area contributed by atoms with Gasteiger partial charge in [-0.05, 0) is 45.1 Å². The summed E-state index contributed by atoms with van der Waals surface area (Å²) in [6, 6.07) is -0.226. The highest BCUT2D eigenvalue weighted by Gasteiger charge is 2.22. The molecule has 0 heterocycles. The van der Waals surface area contributed by atoms with E-state index in [-0.39, 0.29) is 12.0 Å². The van der Waals surface area contributed by atoms with Gasteiger partial charge < -0.3 is 14.8 Å². The molecule has 0 spiro atoms. The normalized spacial score (nSPS) is 24.4. The van der Waals surface area contributed by atoms with Crippen molar-refractivity contribution in [2.45, 2.75) is 71.4 Å². The maximum Gasteiger partial charge on any atom is 0.323 e. The molecular weight excluding hydrogens is 254 g/mol. The van der Waals surface area contributed by atoms with Gasteiger partial charge in [0.25, 0.3) is 0 Å². The van der Waals surface area contributed by atoms with Crippen molar-refractivity contribution in [2.24, 2.45) is 5.92 Å². The predicted octanol–water partition coefficient (Wildman–Crippen LogP) is 2.90. The Labute approximate surface area is 123 Å². The van der Waals surface area contributed by atoms with Gasteiger partial charge in [-0.25, -0.2) is 0 Å². The molecule has 0 saturated heterocycles. The predicted molar refractivity (Wildman–Crippen MR) is 80.7 cm³/mol. The van der Waals surface area contributed by atoms with E-state index in [4.69, 9.17) is 9.47 Å². The Balaban J connectivity index is 2.27. The average molecular weight is 285 g/mol. The maximum atomic E-state index is 11.8. The van der Waals surface area contributed by atoms with Gasteiger partial charge in [0, 0.05) is 6.61 Å². The zero-order valence-corrected chi connectivity index (χ0v) is 13.3. The average Bonchev–Trinajstić information content (AvgIpc) is 2.43. The van der Waals surface area contributed by atoms with Crippen molar-refractivity contribution in [1.82, 2.24) is 5.32 Å². The Morgan fingerprint density at radius 2 is 2.15 bits per heavy atom. The zero-order valence-electron chi connectivity index (χ0n) is 13.3. The van der Waals surface area contributed by atoms with E-state index in [2.05, 4.69) is 19.2 Å². The first kappa shape index (κ1) is 17.4. The highest BCUT2D eigenvalue weighted by Crippen LogP contribution is 2.25. The van der Waals surface area contributed by atoms with Gasteiger partial charge in [0.2, 0.25) is 0 Å². The van der Waals surface area contributed by atoms with Crippen molar-refractivity contribution in [3.05, 3.63) is 0 Å². The van der Waals surface area contributed by atoms with Crippen LogP contribution in [0.3, 0.4) is 0 Å². The molecule has 1 rings (SSSR count). The van der Waals surface area contributed by atoms with Crippen LogP contribution in [0, 0.1) is 5.92 Å². The molecule has 4 nitrogen and oxygen atoms in total. The van der Waals surface area contributed by atoms with E-state index in [1.807, 2.05) is 6.92 Å². The van der Waals surface area contributed by atoms with Crippen LogP contribution < -0.4 is 5.32 Å². The van der Waals surface area contributed by atoms with Crippen molar-refractivity contribution in [3.8, 4) is 0 Å². The fraction of sp³-hybridized carbons (Fsp3) is 0.938. The molecule has 4 heteroatoms. The largest absolute Gasteiger partial charge is 0.465 e. The van der Waals surface area contributed by atoms with Gasteiger partial charge in [-0.15, -0.1) is 0 Å². The molecule has 1 aliphatic carbocycles. The molecule has 0 radical (unpaired) electrons. The summed E-state index contributed by atoms with van der Waals surface area (Å²) >= 11 is 0. The summed E-state index contributed by atoms with van der Waals surface area (Å²) < 4.78 is 11.0. The lowest BCUT2D eigenvalue weighted by Gasteiger charge is -2.27. The summed E-state index contributed by atoms with van der Waals surface area (Å²) in [7, 11) is 0. The molecule has 3 unspecified atom stereocenters. The van der Waals surface area contributed by atoms with Crippen LogP contribution in [0.1, 0.15) is 59.3 Å². The number of hydrogen-bond acceptors (Lipinski definition) is 4. The first-order valence-electron chi connectivity index (χ1n) is 8.19. The molecule has 3 atom stereocenters. The minimum Gasteiger partial charge on any atom is -0.465 e. The van der Waals surface area contributed by atoms with E-state index in [1.165, 1.54) is 12.8 Å². The molecular formula is C16H31NO3. The topological polar surface area (TPSA) is 47.6 Å². The fourth-order valence-corrected chi connectivity index (χ4v) is 2.75. The number of rotatable bonds is 9. The quantitative estimate of drug-likeness (QED) is 0.662. The second kappa shape index (κ2) is 10.2. The van der Waals surface area contributed by atoms with Gasteiger partial charge in [0.05, 0.1) is 12.7 Å². The van der Waals surface area contributed by atoms with Crippen molar-refractivity contribution >= 4 is 5.97 Å². The van der Waals surface area contributed by atoms with Crippen LogP contribution in [0.25, 0.3) is 0 Å². The van der Waals surface area contributed by atoms with Crippen LogP contribution in [0.15, 0.2) is 0 Å². The van der Waals surface area contributed by atoms with Gasteiger partial charge in [-0.2, -0.15) is 0 Å². The Kier molecular flexibility index (Phi) is 8.86. The van der Waals surface area contributed by atoms with E-state index < -0.39 is 0 Å². The fourth-order valence-electron chi connectivity index (χ4n) is 2.75. The third-order valence-corrected chi connectivity index (χ3v) is 3.86. The smallest absolute Gasteiger partial charge is 0.323 e. The van der Waals surface area contributed by atoms with Gasteiger partial charge in [-0.1, -0.05) is 26.7 Å². The van der Waals surface area contributed by atoms with E-state index in [0.717, 1.165) is 31.7 Å².